The molecule has 2 heterocycles. The van der Waals surface area contributed by atoms with Crippen molar-refractivity contribution in [2.24, 2.45) is 0 Å². The van der Waals surface area contributed by atoms with Gasteiger partial charge in [-0.1, -0.05) is 17.7 Å². The van der Waals surface area contributed by atoms with Crippen molar-refractivity contribution in [3.05, 3.63) is 69.9 Å². The predicted molar refractivity (Wildman–Crippen MR) is 98.9 cm³/mol. The monoisotopic (exact) mass is 390 g/mol. The van der Waals surface area contributed by atoms with E-state index < -0.39 is 23.8 Å². The van der Waals surface area contributed by atoms with Crippen molar-refractivity contribution in [1.82, 2.24) is 9.88 Å². The lowest BCUT2D eigenvalue weighted by Gasteiger charge is -2.35. The first kappa shape index (κ1) is 17.8. The summed E-state index contributed by atoms with van der Waals surface area (Å²) in [5, 5.41) is 1.54. The molecule has 1 amide bonds. The van der Waals surface area contributed by atoms with Crippen LogP contribution in [0.5, 0.6) is 0 Å². The van der Waals surface area contributed by atoms with Crippen LogP contribution in [0.3, 0.4) is 0 Å². The van der Waals surface area contributed by atoms with Gasteiger partial charge in [0.2, 0.25) is 0 Å². The smallest absolute Gasteiger partial charge is 0.410 e. The topological polar surface area (TPSA) is 45.3 Å². The lowest BCUT2D eigenvalue weighted by Crippen LogP contribution is -2.41. The highest BCUT2D eigenvalue weighted by Gasteiger charge is 2.36. The third kappa shape index (κ3) is 3.04. The molecule has 4 nitrogen and oxygen atoms in total. The van der Waals surface area contributed by atoms with E-state index in [1.807, 2.05) is 12.1 Å². The van der Waals surface area contributed by atoms with Crippen LogP contribution in [0.4, 0.5) is 13.6 Å². The molecule has 0 saturated heterocycles. The van der Waals surface area contributed by atoms with Crippen LogP contribution >= 0.6 is 11.6 Å². The molecule has 0 saturated carbocycles. The van der Waals surface area contributed by atoms with Crippen LogP contribution in [0.15, 0.2) is 36.4 Å². The van der Waals surface area contributed by atoms with Crippen molar-refractivity contribution in [3.8, 4) is 0 Å². The Bertz CT molecular complexity index is 1030. The number of carbonyl (C=O) groups excluding carboxylic acids is 1. The Morgan fingerprint density at radius 3 is 2.85 bits per heavy atom. The van der Waals surface area contributed by atoms with Crippen LogP contribution in [-0.4, -0.2) is 29.1 Å². The molecule has 0 bridgehead atoms. The van der Waals surface area contributed by atoms with E-state index in [1.54, 1.807) is 13.0 Å². The van der Waals surface area contributed by atoms with Gasteiger partial charge in [-0.2, -0.15) is 0 Å². The highest BCUT2D eigenvalue weighted by atomic mass is 35.5. The summed E-state index contributed by atoms with van der Waals surface area (Å²) in [4.78, 5) is 17.3. The summed E-state index contributed by atoms with van der Waals surface area (Å²) in [6, 6.07) is 8.12. The first-order chi connectivity index (χ1) is 13.0. The fraction of sp³-hybridized carbons (Fsp3) is 0.250. The molecule has 0 aliphatic carbocycles. The van der Waals surface area contributed by atoms with Crippen LogP contribution < -0.4 is 0 Å². The van der Waals surface area contributed by atoms with E-state index in [0.29, 0.717) is 23.7 Å². The van der Waals surface area contributed by atoms with Crippen molar-refractivity contribution < 1.29 is 18.3 Å². The number of hydrogen-bond donors (Lipinski definition) is 1. The summed E-state index contributed by atoms with van der Waals surface area (Å²) in [6.07, 6.45) is 0.0434. The molecule has 0 radical (unpaired) electrons. The third-order valence-electron chi connectivity index (χ3n) is 4.85. The second kappa shape index (κ2) is 6.85. The summed E-state index contributed by atoms with van der Waals surface area (Å²) < 4.78 is 33.2. The number of nitrogens with one attached hydrogen (secondary N) is 1. The van der Waals surface area contributed by atoms with E-state index >= 15 is 0 Å². The Morgan fingerprint density at radius 1 is 1.30 bits per heavy atom. The number of carbonyl (C=O) groups is 1. The van der Waals surface area contributed by atoms with Crippen LogP contribution in [0, 0.1) is 11.6 Å². The number of nitrogens with zero attached hydrogens (tertiary/aromatic N) is 1. The van der Waals surface area contributed by atoms with Gasteiger partial charge in [0, 0.05) is 39.8 Å². The number of hydrogen-bond acceptors (Lipinski definition) is 2. The second-order valence-electron chi connectivity index (χ2n) is 6.42. The maximum Gasteiger partial charge on any atom is 0.410 e. The van der Waals surface area contributed by atoms with Crippen molar-refractivity contribution in [1.29, 1.82) is 0 Å². The van der Waals surface area contributed by atoms with Crippen molar-refractivity contribution in [2.45, 2.75) is 19.4 Å². The zero-order chi connectivity index (χ0) is 19.1. The Kier molecular flexibility index (Phi) is 4.52. The number of amides is 1. The summed E-state index contributed by atoms with van der Waals surface area (Å²) in [5.41, 5.74) is 2.73. The Balaban J connectivity index is 1.92. The van der Waals surface area contributed by atoms with Crippen LogP contribution in [0.2, 0.25) is 5.02 Å². The first-order valence-electron chi connectivity index (χ1n) is 8.68. The van der Waals surface area contributed by atoms with Crippen LogP contribution in [-0.2, 0) is 11.2 Å². The molecule has 3 aromatic rings. The first-order valence-corrected chi connectivity index (χ1v) is 9.05. The summed E-state index contributed by atoms with van der Waals surface area (Å²) >= 11 is 6.13. The van der Waals surface area contributed by atoms with Crippen molar-refractivity contribution >= 4 is 28.6 Å². The number of rotatable bonds is 2. The van der Waals surface area contributed by atoms with Gasteiger partial charge in [-0.15, -0.1) is 0 Å². The minimum absolute atomic E-state index is 0.211. The lowest BCUT2D eigenvalue weighted by molar-refractivity contribution is 0.0926. The van der Waals surface area contributed by atoms with Gasteiger partial charge in [-0.05, 0) is 43.2 Å². The number of fused-ring (bicyclic) bond motifs is 3. The van der Waals surface area contributed by atoms with Gasteiger partial charge in [0.1, 0.15) is 17.7 Å². The van der Waals surface area contributed by atoms with Crippen LogP contribution in [0.25, 0.3) is 10.9 Å². The quantitative estimate of drug-likeness (QED) is 0.653. The fourth-order valence-electron chi connectivity index (χ4n) is 3.71. The Morgan fingerprint density at radius 2 is 2.11 bits per heavy atom. The molecular weight excluding hydrogens is 374 g/mol. The minimum Gasteiger partial charge on any atom is -0.450 e. The maximum absolute atomic E-state index is 14.6. The Hall–Kier alpha value is -2.60. The van der Waals surface area contributed by atoms with Gasteiger partial charge in [-0.25, -0.2) is 13.6 Å². The van der Waals surface area contributed by atoms with E-state index in [9.17, 15) is 13.6 Å². The molecule has 4 rings (SSSR count). The van der Waals surface area contributed by atoms with Gasteiger partial charge in [0.05, 0.1) is 6.61 Å². The van der Waals surface area contributed by atoms with Crippen molar-refractivity contribution in [3.63, 3.8) is 0 Å². The standard InChI is InChI=1S/C20H17ClF2N2O2/c1-2-27-20(26)25-8-7-13-15-9-11(21)3-6-17(15)24-18(13)19(25)14-5-4-12(22)10-16(14)23/h3-6,9-10,19,24H,2,7-8H2,1H3. The molecule has 0 spiro atoms. The molecule has 0 fully saturated rings. The van der Waals surface area contributed by atoms with E-state index in [0.717, 1.165) is 22.5 Å². The number of ether oxygens (including phenoxy) is 1. The maximum atomic E-state index is 14.6. The summed E-state index contributed by atoms with van der Waals surface area (Å²) in [7, 11) is 0. The molecule has 2 aromatic carbocycles. The second-order valence-corrected chi connectivity index (χ2v) is 6.85. The molecular formula is C20H17ClF2N2O2. The number of H-pyrrole nitrogens is 1. The zero-order valence-electron chi connectivity index (χ0n) is 14.6. The van der Waals surface area contributed by atoms with E-state index in [1.165, 1.54) is 17.0 Å². The van der Waals surface area contributed by atoms with Gasteiger partial charge in [-0.3, -0.25) is 4.90 Å². The largest absolute Gasteiger partial charge is 0.450 e. The number of benzene rings is 2. The third-order valence-corrected chi connectivity index (χ3v) is 5.08. The van der Waals surface area contributed by atoms with E-state index in [4.69, 9.17) is 16.3 Å². The molecule has 1 atom stereocenters. The molecule has 1 N–H and O–H groups in total. The summed E-state index contributed by atoms with van der Waals surface area (Å²) in [6.45, 7) is 2.28. The van der Waals surface area contributed by atoms with Crippen molar-refractivity contribution in [2.75, 3.05) is 13.2 Å². The highest BCUT2D eigenvalue weighted by Crippen LogP contribution is 2.40. The number of halogens is 3. The Labute approximate surface area is 159 Å². The van der Waals surface area contributed by atoms with E-state index in [2.05, 4.69) is 4.98 Å². The molecule has 1 aromatic heterocycles. The van der Waals surface area contributed by atoms with Gasteiger partial charge in [0.25, 0.3) is 0 Å². The number of aromatic amines is 1. The van der Waals surface area contributed by atoms with Crippen LogP contribution in [0.1, 0.15) is 29.8 Å². The SMILES string of the molecule is CCOC(=O)N1CCc2c([nH]c3ccc(Cl)cc23)C1c1ccc(F)cc1F. The van der Waals surface area contributed by atoms with Gasteiger partial charge >= 0.3 is 6.09 Å². The average molecular weight is 391 g/mol. The minimum atomic E-state index is -0.737. The fourth-order valence-corrected chi connectivity index (χ4v) is 3.88. The molecule has 140 valence electrons. The molecule has 1 aliphatic rings. The zero-order valence-corrected chi connectivity index (χ0v) is 15.3. The van der Waals surface area contributed by atoms with Gasteiger partial charge < -0.3 is 9.72 Å². The molecule has 1 aliphatic heterocycles. The average Bonchev–Trinajstić information content (AvgIpc) is 2.99. The highest BCUT2D eigenvalue weighted by molar-refractivity contribution is 6.31. The molecule has 27 heavy (non-hydrogen) atoms. The lowest BCUT2D eigenvalue weighted by atomic mass is 9.92. The molecule has 1 unspecified atom stereocenters. The number of aromatic nitrogens is 1. The van der Waals surface area contributed by atoms with Gasteiger partial charge in [0.15, 0.2) is 0 Å². The predicted octanol–water partition coefficient (Wildman–Crippen LogP) is 5.20. The van der Waals surface area contributed by atoms with E-state index in [-0.39, 0.29) is 12.2 Å². The molecule has 7 heteroatoms. The normalized spacial score (nSPS) is 16.4. The summed E-state index contributed by atoms with van der Waals surface area (Å²) in [5.74, 6) is -1.38.